The molecule has 152 valence electrons. The zero-order valence-corrected chi connectivity index (χ0v) is 18.1. The number of carbonyl (C=O) groups is 1. The summed E-state index contributed by atoms with van der Waals surface area (Å²) >= 11 is 7.56. The normalized spacial score (nSPS) is 11.2. The number of aromatic nitrogens is 1. The highest BCUT2D eigenvalue weighted by Crippen LogP contribution is 2.26. The summed E-state index contributed by atoms with van der Waals surface area (Å²) in [5.41, 5.74) is 1.62. The Balaban J connectivity index is 1.74. The first-order valence-corrected chi connectivity index (χ1v) is 10.5. The van der Waals surface area contributed by atoms with Crippen LogP contribution < -0.4 is 10.1 Å². The van der Waals surface area contributed by atoms with E-state index in [1.807, 2.05) is 56.3 Å². The van der Waals surface area contributed by atoms with Crippen LogP contribution in [0.2, 0.25) is 5.02 Å². The topological polar surface area (TPSA) is 75.0 Å². The Morgan fingerprint density at radius 2 is 2.00 bits per heavy atom. The number of nitrogens with zero attached hydrogens (tertiary/aromatic N) is 2. The van der Waals surface area contributed by atoms with Crippen LogP contribution in [-0.4, -0.2) is 17.0 Å². The fraction of sp³-hybridized carbons (Fsp3) is 0.174. The molecule has 0 aliphatic carbocycles. The predicted octanol–water partition coefficient (Wildman–Crippen LogP) is 5.72. The molecule has 1 heterocycles. The Morgan fingerprint density at radius 1 is 1.27 bits per heavy atom. The molecule has 5 nitrogen and oxygen atoms in total. The van der Waals surface area contributed by atoms with Gasteiger partial charge in [0.15, 0.2) is 5.13 Å². The summed E-state index contributed by atoms with van der Waals surface area (Å²) in [7, 11) is 0. The molecule has 0 saturated carbocycles. The minimum Gasteiger partial charge on any atom is -0.490 e. The first kappa shape index (κ1) is 21.6. The van der Waals surface area contributed by atoms with Crippen molar-refractivity contribution in [2.45, 2.75) is 26.4 Å². The monoisotopic (exact) mass is 437 g/mol. The van der Waals surface area contributed by atoms with Gasteiger partial charge in [0.25, 0.3) is 5.91 Å². The first-order valence-electron chi connectivity index (χ1n) is 9.33. The van der Waals surface area contributed by atoms with Crippen molar-refractivity contribution in [3.63, 3.8) is 0 Å². The van der Waals surface area contributed by atoms with Crippen LogP contribution in [0.15, 0.2) is 60.3 Å². The molecule has 0 spiro atoms. The summed E-state index contributed by atoms with van der Waals surface area (Å²) in [4.78, 5) is 17.8. The third-order valence-corrected chi connectivity index (χ3v) is 5.32. The Labute approximate surface area is 184 Å². The van der Waals surface area contributed by atoms with Gasteiger partial charge in [-0.2, -0.15) is 5.26 Å². The Morgan fingerprint density at radius 3 is 2.73 bits per heavy atom. The van der Waals surface area contributed by atoms with Gasteiger partial charge in [-0.25, -0.2) is 4.98 Å². The van der Waals surface area contributed by atoms with Gasteiger partial charge in [-0.15, -0.1) is 11.3 Å². The van der Waals surface area contributed by atoms with Crippen LogP contribution in [-0.2, 0) is 11.2 Å². The van der Waals surface area contributed by atoms with Gasteiger partial charge in [-0.3, -0.25) is 10.1 Å². The van der Waals surface area contributed by atoms with E-state index in [1.54, 1.807) is 18.3 Å². The van der Waals surface area contributed by atoms with Crippen molar-refractivity contribution >= 4 is 40.1 Å². The highest BCUT2D eigenvalue weighted by molar-refractivity contribution is 7.15. The summed E-state index contributed by atoms with van der Waals surface area (Å²) in [6.07, 6.45) is 3.82. The van der Waals surface area contributed by atoms with E-state index in [4.69, 9.17) is 16.3 Å². The molecule has 1 amide bonds. The van der Waals surface area contributed by atoms with Gasteiger partial charge in [0.05, 0.1) is 6.10 Å². The fourth-order valence-electron chi connectivity index (χ4n) is 2.71. The van der Waals surface area contributed by atoms with Gasteiger partial charge in [0, 0.05) is 28.1 Å². The lowest BCUT2D eigenvalue weighted by Gasteiger charge is -2.12. The number of ether oxygens (including phenoxy) is 1. The van der Waals surface area contributed by atoms with Crippen molar-refractivity contribution in [1.82, 2.24) is 4.98 Å². The van der Waals surface area contributed by atoms with Crippen molar-refractivity contribution in [2.75, 3.05) is 5.32 Å². The predicted molar refractivity (Wildman–Crippen MR) is 121 cm³/mol. The zero-order valence-electron chi connectivity index (χ0n) is 16.6. The highest BCUT2D eigenvalue weighted by atomic mass is 35.5. The molecule has 3 aromatic rings. The summed E-state index contributed by atoms with van der Waals surface area (Å²) in [5.74, 6) is 0.0971. The van der Waals surface area contributed by atoms with E-state index in [0.29, 0.717) is 27.9 Å². The van der Waals surface area contributed by atoms with Crippen LogP contribution in [0, 0.1) is 11.3 Å². The second kappa shape index (κ2) is 10.1. The molecule has 0 saturated heterocycles. The van der Waals surface area contributed by atoms with Crippen molar-refractivity contribution < 1.29 is 9.53 Å². The lowest BCUT2D eigenvalue weighted by Crippen LogP contribution is -2.13. The second-order valence-electron chi connectivity index (χ2n) is 6.73. The molecular weight excluding hydrogens is 418 g/mol. The summed E-state index contributed by atoms with van der Waals surface area (Å²) in [6.45, 7) is 3.84. The first-order chi connectivity index (χ1) is 14.5. The van der Waals surface area contributed by atoms with E-state index in [0.717, 1.165) is 10.4 Å². The summed E-state index contributed by atoms with van der Waals surface area (Å²) < 4.78 is 5.75. The zero-order chi connectivity index (χ0) is 21.5. The molecule has 0 radical (unpaired) electrons. The third kappa shape index (κ3) is 5.69. The number of rotatable bonds is 7. The van der Waals surface area contributed by atoms with Crippen LogP contribution in [0.3, 0.4) is 0 Å². The Kier molecular flexibility index (Phi) is 7.23. The second-order valence-corrected chi connectivity index (χ2v) is 8.25. The fourth-order valence-corrected chi connectivity index (χ4v) is 3.74. The standard InChI is InChI=1S/C23H20ClN3O2S/c1-15(2)29-21-10-6-4-8-17(21)11-18(13-25)22(28)27-23-26-14-19(30-23)12-16-7-3-5-9-20(16)24/h3-11,14-15H,12H2,1-2H3,(H,26,27,28)/b18-11+. The molecule has 30 heavy (non-hydrogen) atoms. The molecule has 2 aromatic carbocycles. The number of nitrogens with one attached hydrogen (secondary N) is 1. The summed E-state index contributed by atoms with van der Waals surface area (Å²) in [6, 6.07) is 16.8. The number of anilines is 1. The van der Waals surface area contributed by atoms with Gasteiger partial charge >= 0.3 is 0 Å². The van der Waals surface area contributed by atoms with Crippen LogP contribution in [0.25, 0.3) is 6.08 Å². The van der Waals surface area contributed by atoms with E-state index in [9.17, 15) is 10.1 Å². The maximum absolute atomic E-state index is 12.6. The third-order valence-electron chi connectivity index (χ3n) is 4.04. The molecule has 0 unspecified atom stereocenters. The Hall–Kier alpha value is -3.14. The van der Waals surface area contributed by atoms with Crippen molar-refractivity contribution in [1.29, 1.82) is 5.26 Å². The molecule has 0 bridgehead atoms. The lowest BCUT2D eigenvalue weighted by atomic mass is 10.1. The molecular formula is C23H20ClN3O2S. The number of benzene rings is 2. The van der Waals surface area contributed by atoms with Gasteiger partial charge in [-0.1, -0.05) is 48.0 Å². The average molecular weight is 438 g/mol. The van der Waals surface area contributed by atoms with E-state index < -0.39 is 5.91 Å². The van der Waals surface area contributed by atoms with Gasteiger partial charge in [0.2, 0.25) is 0 Å². The maximum atomic E-state index is 12.6. The van der Waals surface area contributed by atoms with E-state index in [2.05, 4.69) is 10.3 Å². The number of hydrogen-bond donors (Lipinski definition) is 1. The van der Waals surface area contributed by atoms with Crippen LogP contribution in [0.4, 0.5) is 5.13 Å². The highest BCUT2D eigenvalue weighted by Gasteiger charge is 2.14. The summed E-state index contributed by atoms with van der Waals surface area (Å²) in [5, 5.41) is 13.3. The van der Waals surface area contributed by atoms with Crippen molar-refractivity contribution in [3.05, 3.63) is 81.3 Å². The average Bonchev–Trinajstić information content (AvgIpc) is 3.15. The number of hydrogen-bond acceptors (Lipinski definition) is 5. The molecule has 3 rings (SSSR count). The number of carbonyl (C=O) groups excluding carboxylic acids is 1. The molecule has 0 aliphatic rings. The number of nitriles is 1. The van der Waals surface area contributed by atoms with Gasteiger partial charge in [-0.05, 0) is 37.6 Å². The molecule has 1 N–H and O–H groups in total. The molecule has 1 aromatic heterocycles. The van der Waals surface area contributed by atoms with E-state index >= 15 is 0 Å². The quantitative estimate of drug-likeness (QED) is 0.379. The van der Waals surface area contributed by atoms with E-state index in [1.165, 1.54) is 17.4 Å². The minimum absolute atomic E-state index is 0.0224. The molecule has 7 heteroatoms. The van der Waals surface area contributed by atoms with E-state index in [-0.39, 0.29) is 11.7 Å². The molecule has 0 fully saturated rings. The SMILES string of the molecule is CC(C)Oc1ccccc1/C=C(\C#N)C(=O)Nc1ncc(Cc2ccccc2Cl)s1. The van der Waals surface area contributed by atoms with Crippen LogP contribution >= 0.6 is 22.9 Å². The van der Waals surface area contributed by atoms with Gasteiger partial charge in [0.1, 0.15) is 17.4 Å². The van der Waals surface area contributed by atoms with Crippen LogP contribution in [0.1, 0.15) is 29.9 Å². The smallest absolute Gasteiger partial charge is 0.268 e. The van der Waals surface area contributed by atoms with Gasteiger partial charge < -0.3 is 4.74 Å². The number of amides is 1. The number of halogens is 1. The molecule has 0 aliphatic heterocycles. The maximum Gasteiger partial charge on any atom is 0.268 e. The molecule has 0 atom stereocenters. The van der Waals surface area contributed by atoms with Crippen LogP contribution in [0.5, 0.6) is 5.75 Å². The van der Waals surface area contributed by atoms with Crippen molar-refractivity contribution in [2.24, 2.45) is 0 Å². The number of thiazole rings is 1. The number of para-hydroxylation sites is 1. The van der Waals surface area contributed by atoms with Crippen molar-refractivity contribution in [3.8, 4) is 11.8 Å². The lowest BCUT2D eigenvalue weighted by molar-refractivity contribution is -0.112. The largest absolute Gasteiger partial charge is 0.490 e. The Bertz CT molecular complexity index is 1120. The minimum atomic E-state index is -0.518.